The number of H-pyrrole nitrogens is 1. The topological polar surface area (TPSA) is 80.5 Å². The number of oxazole rings is 1. The van der Waals surface area contributed by atoms with Gasteiger partial charge in [0, 0.05) is 33.0 Å². The number of rotatable bonds is 4. The van der Waals surface area contributed by atoms with Gasteiger partial charge < -0.3 is 9.40 Å². The Morgan fingerprint density at radius 2 is 1.12 bits per heavy atom. The lowest BCUT2D eigenvalue weighted by Crippen LogP contribution is -1.97. The first-order chi connectivity index (χ1) is 20.2. The summed E-state index contributed by atoms with van der Waals surface area (Å²) in [5, 5.41) is 2.49. The van der Waals surface area contributed by atoms with Crippen LogP contribution in [0.1, 0.15) is 0 Å². The Morgan fingerprint density at radius 1 is 0.512 bits per heavy atom. The molecule has 8 aromatic rings. The van der Waals surface area contributed by atoms with Crippen LogP contribution in [0.25, 0.3) is 78.3 Å². The van der Waals surface area contributed by atoms with Crippen molar-refractivity contribution in [1.82, 2.24) is 24.9 Å². The van der Waals surface area contributed by atoms with E-state index >= 15 is 0 Å². The van der Waals surface area contributed by atoms with Gasteiger partial charge in [-0.05, 0) is 53.1 Å². The predicted molar refractivity (Wildman–Crippen MR) is 164 cm³/mol. The van der Waals surface area contributed by atoms with Gasteiger partial charge in [0.15, 0.2) is 17.2 Å². The van der Waals surface area contributed by atoms with Gasteiger partial charge in [-0.2, -0.15) is 9.97 Å². The summed E-state index contributed by atoms with van der Waals surface area (Å²) in [6, 6.07) is 38.4. The molecule has 5 aromatic carbocycles. The van der Waals surface area contributed by atoms with E-state index in [0.29, 0.717) is 17.5 Å². The van der Waals surface area contributed by atoms with Gasteiger partial charge in [-0.25, -0.2) is 9.97 Å². The van der Waals surface area contributed by atoms with E-state index in [4.69, 9.17) is 21.0 Å². The van der Waals surface area contributed by atoms with Crippen molar-refractivity contribution < 1.29 is 4.42 Å². The van der Waals surface area contributed by atoms with Crippen LogP contribution in [0.5, 0.6) is 0 Å². The molecular weight excluding hydrogens is 530 g/mol. The number of aromatic amines is 1. The first-order valence-electron chi connectivity index (χ1n) is 13.2. The zero-order valence-corrected chi connectivity index (χ0v) is 22.3. The number of nitrogens with zero attached hydrogens (tertiary/aromatic N) is 4. The maximum atomic E-state index is 6.24. The molecule has 0 aliphatic rings. The number of halogens is 1. The highest BCUT2D eigenvalue weighted by Crippen LogP contribution is 2.34. The molecule has 194 valence electrons. The molecule has 0 fully saturated rings. The lowest BCUT2D eigenvalue weighted by molar-refractivity contribution is 0.620. The zero-order chi connectivity index (χ0) is 27.3. The first kappa shape index (κ1) is 23.5. The Bertz CT molecular complexity index is 2200. The molecule has 41 heavy (non-hydrogen) atoms. The average molecular weight is 550 g/mol. The molecule has 6 nitrogen and oxygen atoms in total. The van der Waals surface area contributed by atoms with Crippen LogP contribution in [-0.4, -0.2) is 24.9 Å². The van der Waals surface area contributed by atoms with Crippen LogP contribution >= 0.6 is 11.6 Å². The van der Waals surface area contributed by atoms with Gasteiger partial charge in [0.1, 0.15) is 5.52 Å². The fraction of sp³-hybridized carbons (Fsp3) is 0. The highest BCUT2D eigenvalue weighted by molar-refractivity contribution is 6.28. The van der Waals surface area contributed by atoms with E-state index in [2.05, 4.69) is 62.4 Å². The monoisotopic (exact) mass is 549 g/mol. The molecule has 3 aromatic heterocycles. The Hall–Kier alpha value is -5.33. The summed E-state index contributed by atoms with van der Waals surface area (Å²) in [4.78, 5) is 21.7. The smallest absolute Gasteiger partial charge is 0.227 e. The molecule has 0 saturated heterocycles. The van der Waals surface area contributed by atoms with Crippen molar-refractivity contribution in [1.29, 1.82) is 0 Å². The number of fused-ring (bicyclic) bond motifs is 5. The van der Waals surface area contributed by atoms with Crippen LogP contribution < -0.4 is 0 Å². The summed E-state index contributed by atoms with van der Waals surface area (Å²) in [6.45, 7) is 0. The molecule has 0 aliphatic heterocycles. The van der Waals surface area contributed by atoms with Crippen molar-refractivity contribution in [2.75, 3.05) is 0 Å². The first-order valence-corrected chi connectivity index (χ1v) is 13.6. The quantitative estimate of drug-likeness (QED) is 0.237. The second-order valence-corrected chi connectivity index (χ2v) is 10.1. The molecule has 0 atom stereocenters. The fourth-order valence-electron chi connectivity index (χ4n) is 5.24. The van der Waals surface area contributed by atoms with E-state index in [9.17, 15) is 0 Å². The Kier molecular flexibility index (Phi) is 5.40. The van der Waals surface area contributed by atoms with Crippen LogP contribution in [0.15, 0.2) is 120 Å². The molecule has 1 N–H and O–H groups in total. The van der Waals surface area contributed by atoms with E-state index in [1.165, 1.54) is 5.39 Å². The van der Waals surface area contributed by atoms with Crippen molar-refractivity contribution >= 4 is 44.5 Å². The SMILES string of the molecule is Clc1nc(-c2ccccc2)nc(-c2ccc(-c3ccc(-c4nc5c(ccc6c7ccccc7[nH]c65)o4)cc3)cc2)n1. The second-order valence-electron chi connectivity index (χ2n) is 9.80. The highest BCUT2D eigenvalue weighted by Gasteiger charge is 2.15. The van der Waals surface area contributed by atoms with Gasteiger partial charge in [-0.3, -0.25) is 0 Å². The van der Waals surface area contributed by atoms with Crippen LogP contribution in [0.4, 0.5) is 0 Å². The molecule has 0 spiro atoms. The number of aromatic nitrogens is 5. The van der Waals surface area contributed by atoms with Gasteiger partial charge >= 0.3 is 0 Å². The third-order valence-electron chi connectivity index (χ3n) is 7.29. The Labute approximate surface area is 239 Å². The Balaban J connectivity index is 1.09. The molecule has 0 unspecified atom stereocenters. The molecule has 0 aliphatic carbocycles. The van der Waals surface area contributed by atoms with Crippen molar-refractivity contribution in [3.8, 4) is 45.4 Å². The molecule has 0 radical (unpaired) electrons. The lowest BCUT2D eigenvalue weighted by atomic mass is 10.0. The summed E-state index contributed by atoms with van der Waals surface area (Å²) in [6.07, 6.45) is 0. The van der Waals surface area contributed by atoms with Gasteiger partial charge in [0.25, 0.3) is 0 Å². The van der Waals surface area contributed by atoms with Crippen molar-refractivity contribution in [3.63, 3.8) is 0 Å². The van der Waals surface area contributed by atoms with Crippen LogP contribution in [0, 0.1) is 0 Å². The molecule has 0 bridgehead atoms. The van der Waals surface area contributed by atoms with Crippen molar-refractivity contribution in [2.24, 2.45) is 0 Å². The largest absolute Gasteiger partial charge is 0.436 e. The summed E-state index contributed by atoms with van der Waals surface area (Å²) in [5.74, 6) is 1.67. The summed E-state index contributed by atoms with van der Waals surface area (Å²) >= 11 is 6.24. The minimum absolute atomic E-state index is 0.165. The minimum atomic E-state index is 0.165. The van der Waals surface area contributed by atoms with Crippen molar-refractivity contribution in [2.45, 2.75) is 0 Å². The number of hydrogen-bond donors (Lipinski definition) is 1. The maximum absolute atomic E-state index is 6.24. The molecule has 0 amide bonds. The second kappa shape index (κ2) is 9.40. The van der Waals surface area contributed by atoms with Crippen LogP contribution in [0.3, 0.4) is 0 Å². The van der Waals surface area contributed by atoms with E-state index in [1.54, 1.807) is 0 Å². The van der Waals surface area contributed by atoms with Gasteiger partial charge in [0.2, 0.25) is 11.2 Å². The third-order valence-corrected chi connectivity index (χ3v) is 7.46. The van der Waals surface area contributed by atoms with E-state index in [1.807, 2.05) is 72.8 Å². The number of benzene rings is 5. The number of nitrogens with one attached hydrogen (secondary N) is 1. The van der Waals surface area contributed by atoms with Gasteiger partial charge in [0.05, 0.1) is 5.52 Å². The number of hydrogen-bond acceptors (Lipinski definition) is 5. The Morgan fingerprint density at radius 3 is 1.85 bits per heavy atom. The third kappa shape index (κ3) is 4.13. The van der Waals surface area contributed by atoms with E-state index in [0.717, 1.165) is 55.3 Å². The van der Waals surface area contributed by atoms with Crippen LogP contribution in [0.2, 0.25) is 5.28 Å². The average Bonchev–Trinajstić information content (AvgIpc) is 3.63. The van der Waals surface area contributed by atoms with E-state index < -0.39 is 0 Å². The molecule has 7 heteroatoms. The highest BCUT2D eigenvalue weighted by atomic mass is 35.5. The molecule has 3 heterocycles. The van der Waals surface area contributed by atoms with Gasteiger partial charge in [-0.1, -0.05) is 84.9 Å². The van der Waals surface area contributed by atoms with Gasteiger partial charge in [-0.15, -0.1) is 0 Å². The fourth-order valence-corrected chi connectivity index (χ4v) is 5.40. The maximum Gasteiger partial charge on any atom is 0.227 e. The summed E-state index contributed by atoms with van der Waals surface area (Å²) in [7, 11) is 0. The molecular formula is C34H20ClN5O. The standard InChI is InChI=1S/C34H20ClN5O/c35-34-39-31(22-6-2-1-3-7-22)38-32(40-34)23-14-10-20(11-15-23)21-12-16-24(17-13-21)33-37-30-28(41-33)19-18-26-25-8-4-5-9-27(25)36-29(26)30/h1-19,36H. The molecule has 0 saturated carbocycles. The predicted octanol–water partition coefficient (Wildman–Crippen LogP) is 8.97. The normalized spacial score (nSPS) is 11.5. The zero-order valence-electron chi connectivity index (χ0n) is 21.5. The van der Waals surface area contributed by atoms with Crippen molar-refractivity contribution in [3.05, 3.63) is 121 Å². The van der Waals surface area contributed by atoms with Crippen LogP contribution in [-0.2, 0) is 0 Å². The lowest BCUT2D eigenvalue weighted by Gasteiger charge is -2.07. The minimum Gasteiger partial charge on any atom is -0.436 e. The summed E-state index contributed by atoms with van der Waals surface area (Å²) < 4.78 is 6.16. The molecule has 8 rings (SSSR count). The number of para-hydroxylation sites is 1. The van der Waals surface area contributed by atoms with E-state index in [-0.39, 0.29) is 5.28 Å². The summed E-state index contributed by atoms with van der Waals surface area (Å²) in [5.41, 5.74) is 8.49.